The zero-order valence-electron chi connectivity index (χ0n) is 12.9. The highest BCUT2D eigenvalue weighted by Gasteiger charge is 2.35. The Bertz CT molecular complexity index is 486. The summed E-state index contributed by atoms with van der Waals surface area (Å²) in [4.78, 5) is 12.8. The Morgan fingerprint density at radius 2 is 1.95 bits per heavy atom. The molecule has 0 radical (unpaired) electrons. The number of carbonyl (C=O) groups is 1. The van der Waals surface area contributed by atoms with Crippen LogP contribution in [0.15, 0.2) is 30.3 Å². The summed E-state index contributed by atoms with van der Waals surface area (Å²) in [5.41, 5.74) is 8.19. The van der Waals surface area contributed by atoms with E-state index in [-0.39, 0.29) is 6.54 Å². The summed E-state index contributed by atoms with van der Waals surface area (Å²) in [6, 6.07) is 11.2. The van der Waals surface area contributed by atoms with Crippen LogP contribution in [-0.4, -0.2) is 48.2 Å². The van der Waals surface area contributed by atoms with E-state index >= 15 is 0 Å². The van der Waals surface area contributed by atoms with Crippen LogP contribution in [0.5, 0.6) is 0 Å². The molecule has 3 N–H and O–H groups in total. The quantitative estimate of drug-likeness (QED) is 0.761. The number of aliphatic carboxylic acids is 1. The first kappa shape index (κ1) is 15.5. The molecule has 0 aromatic heterocycles. The Balaban J connectivity index is 1.54. The van der Waals surface area contributed by atoms with Crippen LogP contribution in [0.2, 0.25) is 0 Å². The highest BCUT2D eigenvalue weighted by Crippen LogP contribution is 2.28. The molecule has 0 aliphatic carbocycles. The van der Waals surface area contributed by atoms with E-state index in [9.17, 15) is 4.79 Å². The molecule has 2 unspecified atom stereocenters. The van der Waals surface area contributed by atoms with Gasteiger partial charge in [0.1, 0.15) is 0 Å². The van der Waals surface area contributed by atoms with Gasteiger partial charge in [-0.05, 0) is 49.8 Å². The lowest BCUT2D eigenvalue weighted by Crippen LogP contribution is -2.45. The van der Waals surface area contributed by atoms with E-state index in [2.05, 4.69) is 41.2 Å². The van der Waals surface area contributed by atoms with Crippen LogP contribution in [0, 0.1) is 11.8 Å². The van der Waals surface area contributed by atoms with Gasteiger partial charge in [0.15, 0.2) is 0 Å². The highest BCUT2D eigenvalue weighted by atomic mass is 16.4. The minimum absolute atomic E-state index is 0.177. The molecule has 0 spiro atoms. The first-order valence-corrected chi connectivity index (χ1v) is 8.19. The van der Waals surface area contributed by atoms with Crippen LogP contribution in [0.1, 0.15) is 18.4 Å². The van der Waals surface area contributed by atoms with Gasteiger partial charge in [-0.1, -0.05) is 30.3 Å². The van der Waals surface area contributed by atoms with Gasteiger partial charge in [-0.15, -0.1) is 0 Å². The second kappa shape index (κ2) is 7.22. The number of hydrogen-bond donors (Lipinski definition) is 3. The zero-order chi connectivity index (χ0) is 15.4. The maximum absolute atomic E-state index is 10.8. The molecule has 120 valence electrons. The van der Waals surface area contributed by atoms with Gasteiger partial charge in [-0.2, -0.15) is 0 Å². The normalized spacial score (nSPS) is 27.1. The van der Waals surface area contributed by atoms with E-state index in [1.807, 2.05) is 4.90 Å². The van der Waals surface area contributed by atoms with Gasteiger partial charge in [-0.25, -0.2) is 0 Å². The smallest absolute Gasteiger partial charge is 0.317 e. The zero-order valence-corrected chi connectivity index (χ0v) is 12.9. The molecule has 2 aliphatic heterocycles. The lowest BCUT2D eigenvalue weighted by atomic mass is 9.81. The van der Waals surface area contributed by atoms with Gasteiger partial charge in [-0.3, -0.25) is 20.5 Å². The molecule has 1 aromatic carbocycles. The Morgan fingerprint density at radius 3 is 2.64 bits per heavy atom. The number of carboxylic acids is 1. The molecule has 3 rings (SSSR count). The largest absolute Gasteiger partial charge is 0.480 e. The van der Waals surface area contributed by atoms with E-state index in [4.69, 9.17) is 5.11 Å². The number of benzene rings is 1. The second-order valence-corrected chi connectivity index (χ2v) is 6.51. The summed E-state index contributed by atoms with van der Waals surface area (Å²) in [7, 11) is 0. The minimum Gasteiger partial charge on any atom is -0.480 e. The molecule has 2 atom stereocenters. The SMILES string of the molecule is O=C(O)CN1CCC(C2NNCC2Cc2ccccc2)CC1. The summed E-state index contributed by atoms with van der Waals surface area (Å²) in [6.07, 6.45) is 3.26. The number of nitrogens with zero attached hydrogens (tertiary/aromatic N) is 1. The second-order valence-electron chi connectivity index (χ2n) is 6.51. The van der Waals surface area contributed by atoms with Gasteiger partial charge in [0, 0.05) is 12.6 Å². The molecule has 0 amide bonds. The van der Waals surface area contributed by atoms with E-state index in [1.165, 1.54) is 5.56 Å². The van der Waals surface area contributed by atoms with Crippen LogP contribution < -0.4 is 10.9 Å². The van der Waals surface area contributed by atoms with E-state index in [0.717, 1.165) is 38.9 Å². The molecule has 2 fully saturated rings. The van der Waals surface area contributed by atoms with Crippen molar-refractivity contribution in [3.63, 3.8) is 0 Å². The lowest BCUT2D eigenvalue weighted by molar-refractivity contribution is -0.138. The number of hydrogen-bond acceptors (Lipinski definition) is 4. The van der Waals surface area contributed by atoms with Crippen molar-refractivity contribution in [2.75, 3.05) is 26.2 Å². The molecule has 22 heavy (non-hydrogen) atoms. The maximum atomic E-state index is 10.8. The van der Waals surface area contributed by atoms with Crippen molar-refractivity contribution < 1.29 is 9.90 Å². The van der Waals surface area contributed by atoms with Crippen LogP contribution in [0.25, 0.3) is 0 Å². The van der Waals surface area contributed by atoms with Gasteiger partial charge in [0.05, 0.1) is 6.54 Å². The van der Waals surface area contributed by atoms with Gasteiger partial charge in [0.2, 0.25) is 0 Å². The van der Waals surface area contributed by atoms with Crippen molar-refractivity contribution in [2.24, 2.45) is 11.8 Å². The van der Waals surface area contributed by atoms with E-state index < -0.39 is 5.97 Å². The third-order valence-electron chi connectivity index (χ3n) is 4.98. The van der Waals surface area contributed by atoms with Crippen molar-refractivity contribution in [1.82, 2.24) is 15.8 Å². The third-order valence-corrected chi connectivity index (χ3v) is 4.98. The molecule has 0 saturated carbocycles. The Morgan fingerprint density at radius 1 is 1.23 bits per heavy atom. The van der Waals surface area contributed by atoms with Gasteiger partial charge < -0.3 is 5.11 Å². The highest BCUT2D eigenvalue weighted by molar-refractivity contribution is 5.69. The Labute approximate surface area is 131 Å². The molecule has 2 aliphatic rings. The lowest BCUT2D eigenvalue weighted by Gasteiger charge is -2.35. The fourth-order valence-electron chi connectivity index (χ4n) is 3.83. The van der Waals surface area contributed by atoms with Gasteiger partial charge >= 0.3 is 5.97 Å². The van der Waals surface area contributed by atoms with Crippen LogP contribution in [0.4, 0.5) is 0 Å². The molecule has 2 saturated heterocycles. The monoisotopic (exact) mass is 303 g/mol. The minimum atomic E-state index is -0.721. The topological polar surface area (TPSA) is 64.6 Å². The van der Waals surface area contributed by atoms with Crippen LogP contribution in [0.3, 0.4) is 0 Å². The van der Waals surface area contributed by atoms with Crippen molar-refractivity contribution >= 4 is 5.97 Å². The number of carboxylic acid groups (broad SMARTS) is 1. The van der Waals surface area contributed by atoms with E-state index in [0.29, 0.717) is 17.9 Å². The molecule has 5 heteroatoms. The third kappa shape index (κ3) is 3.85. The molecular formula is C17H25N3O2. The number of piperidine rings is 1. The van der Waals surface area contributed by atoms with Crippen molar-refractivity contribution in [1.29, 1.82) is 0 Å². The average molecular weight is 303 g/mol. The van der Waals surface area contributed by atoms with E-state index in [1.54, 1.807) is 0 Å². The summed E-state index contributed by atoms with van der Waals surface area (Å²) < 4.78 is 0. The molecule has 1 aromatic rings. The molecule has 5 nitrogen and oxygen atoms in total. The number of likely N-dealkylation sites (tertiary alicyclic amines) is 1. The first-order chi connectivity index (χ1) is 10.7. The van der Waals surface area contributed by atoms with Crippen molar-refractivity contribution in [2.45, 2.75) is 25.3 Å². The number of hydrazine groups is 1. The number of rotatable bonds is 5. The Hall–Kier alpha value is -1.43. The summed E-state index contributed by atoms with van der Waals surface area (Å²) in [5, 5.41) is 8.89. The predicted octanol–water partition coefficient (Wildman–Crippen LogP) is 1.12. The summed E-state index contributed by atoms with van der Waals surface area (Å²) in [5.74, 6) is 0.522. The van der Waals surface area contributed by atoms with Gasteiger partial charge in [0.25, 0.3) is 0 Å². The predicted molar refractivity (Wildman–Crippen MR) is 85.4 cm³/mol. The fourth-order valence-corrected chi connectivity index (χ4v) is 3.83. The standard InChI is InChI=1S/C17H25N3O2/c21-16(22)12-20-8-6-14(7-9-20)17-15(11-18-19-17)10-13-4-2-1-3-5-13/h1-5,14-15,17-19H,6-12H2,(H,21,22). The summed E-state index contributed by atoms with van der Waals surface area (Å²) in [6.45, 7) is 2.98. The Kier molecular flexibility index (Phi) is 5.08. The van der Waals surface area contributed by atoms with Crippen LogP contribution in [-0.2, 0) is 11.2 Å². The van der Waals surface area contributed by atoms with Crippen LogP contribution >= 0.6 is 0 Å². The molecule has 0 bridgehead atoms. The fraction of sp³-hybridized carbons (Fsp3) is 0.588. The van der Waals surface area contributed by atoms with Crippen molar-refractivity contribution in [3.8, 4) is 0 Å². The summed E-state index contributed by atoms with van der Waals surface area (Å²) >= 11 is 0. The maximum Gasteiger partial charge on any atom is 0.317 e. The number of nitrogens with one attached hydrogen (secondary N) is 2. The molecular weight excluding hydrogens is 278 g/mol. The van der Waals surface area contributed by atoms with Crippen molar-refractivity contribution in [3.05, 3.63) is 35.9 Å². The molecule has 2 heterocycles. The average Bonchev–Trinajstić information content (AvgIpc) is 2.97. The first-order valence-electron chi connectivity index (χ1n) is 8.19.